The van der Waals surface area contributed by atoms with Crippen molar-refractivity contribution in [2.45, 2.75) is 26.5 Å². The van der Waals surface area contributed by atoms with Crippen LogP contribution >= 0.6 is 0 Å². The average Bonchev–Trinajstić information content (AvgIpc) is 2.26. The molecule has 0 bridgehead atoms. The molecule has 96 valence electrons. The molecule has 0 heterocycles. The van der Waals surface area contributed by atoms with Crippen LogP contribution in [0.25, 0.3) is 0 Å². The van der Waals surface area contributed by atoms with Crippen LogP contribution in [0, 0.1) is 6.92 Å². The lowest BCUT2D eigenvalue weighted by atomic mass is 10.1. The van der Waals surface area contributed by atoms with E-state index >= 15 is 0 Å². The van der Waals surface area contributed by atoms with Crippen molar-refractivity contribution >= 4 is 0 Å². The predicted molar refractivity (Wildman–Crippen MR) is 72.1 cm³/mol. The van der Waals surface area contributed by atoms with Gasteiger partial charge < -0.3 is 10.4 Å². The van der Waals surface area contributed by atoms with E-state index in [0.717, 1.165) is 13.1 Å². The van der Waals surface area contributed by atoms with E-state index in [1.165, 1.54) is 11.1 Å². The van der Waals surface area contributed by atoms with Crippen LogP contribution in [0.1, 0.15) is 18.1 Å². The average molecular weight is 236 g/mol. The third kappa shape index (κ3) is 5.82. The molecule has 1 aromatic rings. The second-order valence-corrected chi connectivity index (χ2v) is 4.65. The molecule has 17 heavy (non-hydrogen) atoms. The molecule has 3 nitrogen and oxygen atoms in total. The summed E-state index contributed by atoms with van der Waals surface area (Å²) in [5, 5.41) is 12.9. The number of hydrogen-bond acceptors (Lipinski definition) is 3. The maximum absolute atomic E-state index is 9.78. The second kappa shape index (κ2) is 7.43. The van der Waals surface area contributed by atoms with Crippen LogP contribution in [0.3, 0.4) is 0 Å². The Bertz CT molecular complexity index is 328. The largest absolute Gasteiger partial charge is 0.390 e. The number of aryl methyl sites for hydroxylation is 1. The van der Waals surface area contributed by atoms with E-state index in [9.17, 15) is 5.11 Å². The van der Waals surface area contributed by atoms with Gasteiger partial charge in [-0.15, -0.1) is 0 Å². The topological polar surface area (TPSA) is 35.5 Å². The summed E-state index contributed by atoms with van der Waals surface area (Å²) in [5.41, 5.74) is 2.58. The third-order valence-corrected chi connectivity index (χ3v) is 2.69. The maximum atomic E-state index is 9.78. The summed E-state index contributed by atoms with van der Waals surface area (Å²) in [6, 6.07) is 8.49. The molecule has 0 amide bonds. The van der Waals surface area contributed by atoms with Crippen LogP contribution in [-0.2, 0) is 6.54 Å². The van der Waals surface area contributed by atoms with Crippen molar-refractivity contribution in [2.24, 2.45) is 0 Å². The van der Waals surface area contributed by atoms with Gasteiger partial charge in [-0.2, -0.15) is 0 Å². The van der Waals surface area contributed by atoms with Crippen LogP contribution in [0.2, 0.25) is 0 Å². The Morgan fingerprint density at radius 2 is 2.18 bits per heavy atom. The van der Waals surface area contributed by atoms with Crippen LogP contribution in [0.5, 0.6) is 0 Å². The van der Waals surface area contributed by atoms with E-state index in [1.54, 1.807) is 0 Å². The normalized spacial score (nSPS) is 13.0. The fraction of sp³-hybridized carbons (Fsp3) is 0.571. The van der Waals surface area contributed by atoms with Gasteiger partial charge >= 0.3 is 0 Å². The van der Waals surface area contributed by atoms with Crippen molar-refractivity contribution in [3.63, 3.8) is 0 Å². The Kier molecular flexibility index (Phi) is 6.19. The summed E-state index contributed by atoms with van der Waals surface area (Å²) >= 11 is 0. The smallest absolute Gasteiger partial charge is 0.0791 e. The SMILES string of the molecule is CCNCC(O)CN(C)Cc1cccc(C)c1. The number of nitrogens with one attached hydrogen (secondary N) is 1. The molecule has 0 fully saturated rings. The molecular weight excluding hydrogens is 212 g/mol. The fourth-order valence-corrected chi connectivity index (χ4v) is 1.92. The van der Waals surface area contributed by atoms with Crippen LogP contribution in [-0.4, -0.2) is 42.8 Å². The lowest BCUT2D eigenvalue weighted by Gasteiger charge is -2.21. The Morgan fingerprint density at radius 3 is 2.82 bits per heavy atom. The van der Waals surface area contributed by atoms with E-state index in [-0.39, 0.29) is 6.10 Å². The molecule has 0 saturated heterocycles. The molecule has 0 saturated carbocycles. The Balaban J connectivity index is 2.36. The number of rotatable bonds is 7. The minimum Gasteiger partial charge on any atom is -0.390 e. The van der Waals surface area contributed by atoms with E-state index in [1.807, 2.05) is 14.0 Å². The first-order valence-electron chi connectivity index (χ1n) is 6.24. The molecule has 0 aliphatic carbocycles. The van der Waals surface area contributed by atoms with Gasteiger partial charge in [-0.05, 0) is 26.1 Å². The first-order valence-corrected chi connectivity index (χ1v) is 6.24. The first-order chi connectivity index (χ1) is 8.11. The van der Waals surface area contributed by atoms with Crippen LogP contribution in [0.15, 0.2) is 24.3 Å². The molecule has 1 rings (SSSR count). The lowest BCUT2D eigenvalue weighted by Crippen LogP contribution is -2.36. The number of nitrogens with zero attached hydrogens (tertiary/aromatic N) is 1. The van der Waals surface area contributed by atoms with Crippen molar-refractivity contribution < 1.29 is 5.11 Å². The van der Waals surface area contributed by atoms with Crippen molar-refractivity contribution in [1.82, 2.24) is 10.2 Å². The minimum atomic E-state index is -0.301. The quantitative estimate of drug-likeness (QED) is 0.751. The van der Waals surface area contributed by atoms with Crippen molar-refractivity contribution in [2.75, 3.05) is 26.7 Å². The van der Waals surface area contributed by atoms with Crippen molar-refractivity contribution in [1.29, 1.82) is 0 Å². The molecule has 0 aliphatic heterocycles. The zero-order chi connectivity index (χ0) is 12.7. The molecule has 1 atom stereocenters. The summed E-state index contributed by atoms with van der Waals surface area (Å²) in [5.74, 6) is 0. The van der Waals surface area contributed by atoms with E-state index in [4.69, 9.17) is 0 Å². The highest BCUT2D eigenvalue weighted by atomic mass is 16.3. The van der Waals surface area contributed by atoms with E-state index in [0.29, 0.717) is 13.1 Å². The number of aliphatic hydroxyl groups excluding tert-OH is 1. The molecule has 0 spiro atoms. The number of likely N-dealkylation sites (N-methyl/N-ethyl adjacent to an activating group) is 2. The van der Waals surface area contributed by atoms with Gasteiger partial charge in [0.15, 0.2) is 0 Å². The fourth-order valence-electron chi connectivity index (χ4n) is 1.92. The van der Waals surface area contributed by atoms with Gasteiger partial charge in [-0.1, -0.05) is 36.8 Å². The minimum absolute atomic E-state index is 0.301. The van der Waals surface area contributed by atoms with E-state index < -0.39 is 0 Å². The van der Waals surface area contributed by atoms with Gasteiger partial charge in [0.1, 0.15) is 0 Å². The standard InChI is InChI=1S/C14H24N2O/c1-4-15-9-14(17)11-16(3)10-13-7-5-6-12(2)8-13/h5-8,14-15,17H,4,9-11H2,1-3H3. The van der Waals surface area contributed by atoms with Crippen molar-refractivity contribution in [3.05, 3.63) is 35.4 Å². The molecule has 2 N–H and O–H groups in total. The Hall–Kier alpha value is -0.900. The molecular formula is C14H24N2O. The van der Waals surface area contributed by atoms with Gasteiger partial charge in [-0.3, -0.25) is 4.90 Å². The van der Waals surface area contributed by atoms with Gasteiger partial charge in [0.05, 0.1) is 6.10 Å². The molecule has 1 aromatic carbocycles. The number of benzene rings is 1. The second-order valence-electron chi connectivity index (χ2n) is 4.65. The highest BCUT2D eigenvalue weighted by molar-refractivity contribution is 5.21. The summed E-state index contributed by atoms with van der Waals surface area (Å²) in [6.45, 7) is 7.28. The highest BCUT2D eigenvalue weighted by Crippen LogP contribution is 2.06. The number of hydrogen-bond donors (Lipinski definition) is 2. The monoisotopic (exact) mass is 236 g/mol. The Morgan fingerprint density at radius 1 is 1.41 bits per heavy atom. The number of aliphatic hydroxyl groups is 1. The molecule has 0 aliphatic rings. The summed E-state index contributed by atoms with van der Waals surface area (Å²) in [6.07, 6.45) is -0.301. The van der Waals surface area contributed by atoms with Gasteiger partial charge in [0.25, 0.3) is 0 Å². The van der Waals surface area contributed by atoms with Crippen LogP contribution in [0.4, 0.5) is 0 Å². The molecule has 0 radical (unpaired) electrons. The zero-order valence-corrected chi connectivity index (χ0v) is 11.1. The molecule has 1 unspecified atom stereocenters. The lowest BCUT2D eigenvalue weighted by molar-refractivity contribution is 0.122. The maximum Gasteiger partial charge on any atom is 0.0791 e. The van der Waals surface area contributed by atoms with Gasteiger partial charge in [-0.25, -0.2) is 0 Å². The Labute approximate surface area is 104 Å². The summed E-state index contributed by atoms with van der Waals surface area (Å²) in [4.78, 5) is 2.15. The molecule has 3 heteroatoms. The van der Waals surface area contributed by atoms with Gasteiger partial charge in [0, 0.05) is 19.6 Å². The predicted octanol–water partition coefficient (Wildman–Crippen LogP) is 1.40. The van der Waals surface area contributed by atoms with Crippen LogP contribution < -0.4 is 5.32 Å². The third-order valence-electron chi connectivity index (χ3n) is 2.69. The molecule has 0 aromatic heterocycles. The van der Waals surface area contributed by atoms with Crippen molar-refractivity contribution in [3.8, 4) is 0 Å². The van der Waals surface area contributed by atoms with Gasteiger partial charge in [0.2, 0.25) is 0 Å². The first kappa shape index (κ1) is 14.2. The summed E-state index contributed by atoms with van der Waals surface area (Å²) in [7, 11) is 2.04. The summed E-state index contributed by atoms with van der Waals surface area (Å²) < 4.78 is 0. The van der Waals surface area contributed by atoms with E-state index in [2.05, 4.69) is 41.4 Å². The zero-order valence-electron chi connectivity index (χ0n) is 11.1. The highest BCUT2D eigenvalue weighted by Gasteiger charge is 2.07.